The van der Waals surface area contributed by atoms with Crippen molar-refractivity contribution in [2.75, 3.05) is 0 Å². The highest BCUT2D eigenvalue weighted by molar-refractivity contribution is 5.89. The maximum Gasteiger partial charge on any atom is 0.155 e. The Bertz CT molecular complexity index is 298. The van der Waals surface area contributed by atoms with Crippen molar-refractivity contribution < 1.29 is 4.79 Å². The van der Waals surface area contributed by atoms with Crippen LogP contribution in [0.2, 0.25) is 0 Å². The van der Waals surface area contributed by atoms with E-state index in [2.05, 4.69) is 33.9 Å². The van der Waals surface area contributed by atoms with E-state index in [-0.39, 0.29) is 16.6 Å². The van der Waals surface area contributed by atoms with E-state index in [1.165, 1.54) is 24.5 Å². The van der Waals surface area contributed by atoms with Gasteiger partial charge in [-0.1, -0.05) is 45.9 Å². The predicted octanol–water partition coefficient (Wildman–Crippen LogP) is 3.90. The van der Waals surface area contributed by atoms with E-state index in [1.807, 2.05) is 0 Å². The average molecular weight is 206 g/mol. The molecule has 0 spiro atoms. The van der Waals surface area contributed by atoms with Gasteiger partial charge in [0, 0.05) is 6.42 Å². The summed E-state index contributed by atoms with van der Waals surface area (Å²) < 4.78 is 0. The minimum atomic E-state index is -0.0208. The van der Waals surface area contributed by atoms with Gasteiger partial charge in [-0.25, -0.2) is 0 Å². The van der Waals surface area contributed by atoms with Crippen LogP contribution in [0.15, 0.2) is 24.8 Å². The summed E-state index contributed by atoms with van der Waals surface area (Å²) in [7, 11) is 0. The van der Waals surface area contributed by atoms with Gasteiger partial charge in [-0.15, -0.1) is 0 Å². The first kappa shape index (κ1) is 12.2. The van der Waals surface area contributed by atoms with Crippen molar-refractivity contribution in [3.63, 3.8) is 0 Å². The molecule has 1 nitrogen and oxygen atoms in total. The average Bonchev–Trinajstić information content (AvgIpc) is 2.14. The lowest BCUT2D eigenvalue weighted by Gasteiger charge is -2.45. The molecule has 15 heavy (non-hydrogen) atoms. The Balaban J connectivity index is 2.87. The fourth-order valence-corrected chi connectivity index (χ4v) is 2.69. The summed E-state index contributed by atoms with van der Waals surface area (Å²) in [5, 5.41) is 0. The fraction of sp³-hybridized carbons (Fsp3) is 0.643. The van der Waals surface area contributed by atoms with Crippen LogP contribution in [-0.4, -0.2) is 5.78 Å². The zero-order chi connectivity index (χ0) is 11.7. The first-order valence-corrected chi connectivity index (χ1v) is 5.67. The zero-order valence-electron chi connectivity index (χ0n) is 10.2. The molecule has 0 saturated heterocycles. The van der Waals surface area contributed by atoms with E-state index in [0.717, 1.165) is 6.42 Å². The zero-order valence-corrected chi connectivity index (χ0v) is 10.2. The number of hydrogen-bond donors (Lipinski definition) is 0. The minimum Gasteiger partial charge on any atom is -0.295 e. The van der Waals surface area contributed by atoms with Crippen molar-refractivity contribution in [3.8, 4) is 0 Å². The molecule has 1 aliphatic carbocycles. The second kappa shape index (κ2) is 3.96. The predicted molar refractivity (Wildman–Crippen MR) is 64.7 cm³/mol. The van der Waals surface area contributed by atoms with Crippen LogP contribution in [-0.2, 0) is 4.79 Å². The number of allylic oxidation sites excluding steroid dienone is 2. The summed E-state index contributed by atoms with van der Waals surface area (Å²) in [5.41, 5.74) is 1.39. The van der Waals surface area contributed by atoms with Crippen LogP contribution in [0, 0.1) is 10.8 Å². The van der Waals surface area contributed by atoms with E-state index < -0.39 is 0 Å². The van der Waals surface area contributed by atoms with Crippen molar-refractivity contribution in [2.24, 2.45) is 10.8 Å². The summed E-state index contributed by atoms with van der Waals surface area (Å²) in [6, 6.07) is 0. The number of rotatable bonds is 3. The lowest BCUT2D eigenvalue weighted by Crippen LogP contribution is -2.35. The molecule has 1 saturated carbocycles. The van der Waals surface area contributed by atoms with Gasteiger partial charge in [0.15, 0.2) is 5.78 Å². The second-order valence-corrected chi connectivity index (χ2v) is 5.62. The molecule has 0 bridgehead atoms. The number of carbonyl (C=O) groups excluding carboxylic acids is 1. The summed E-state index contributed by atoms with van der Waals surface area (Å²) >= 11 is 0. The molecule has 1 atom stereocenters. The number of hydrogen-bond acceptors (Lipinski definition) is 1. The van der Waals surface area contributed by atoms with Gasteiger partial charge in [-0.05, 0) is 29.7 Å². The first-order valence-electron chi connectivity index (χ1n) is 5.67. The Labute approximate surface area is 93.3 Å². The van der Waals surface area contributed by atoms with E-state index >= 15 is 0 Å². The first-order chi connectivity index (χ1) is 6.82. The van der Waals surface area contributed by atoms with Crippen LogP contribution in [0.3, 0.4) is 0 Å². The Morgan fingerprint density at radius 3 is 2.53 bits per heavy atom. The quantitative estimate of drug-likeness (QED) is 0.505. The van der Waals surface area contributed by atoms with Gasteiger partial charge in [0.2, 0.25) is 0 Å². The molecule has 0 N–H and O–H groups in total. The Hall–Kier alpha value is -0.850. The largest absolute Gasteiger partial charge is 0.295 e. The molecule has 1 aliphatic rings. The maximum atomic E-state index is 11.5. The summed E-state index contributed by atoms with van der Waals surface area (Å²) in [4.78, 5) is 11.5. The highest BCUT2D eigenvalue weighted by Gasteiger charge is 2.40. The van der Waals surface area contributed by atoms with Gasteiger partial charge in [0.1, 0.15) is 0 Å². The molecule has 0 amide bonds. The SMILES string of the molecule is C=CC(=O)C[C@@]1(C)CCCC(C)(C)C1=C. The normalized spacial score (nSPS) is 29.9. The molecule has 0 aromatic carbocycles. The summed E-state index contributed by atoms with van der Waals surface area (Å²) in [6.07, 6.45) is 5.45. The molecule has 0 aromatic heterocycles. The third kappa shape index (κ3) is 2.39. The Kier molecular flexibility index (Phi) is 3.22. The van der Waals surface area contributed by atoms with Gasteiger partial charge in [-0.3, -0.25) is 4.79 Å². The van der Waals surface area contributed by atoms with E-state index in [0.29, 0.717) is 6.42 Å². The molecule has 0 unspecified atom stereocenters. The summed E-state index contributed by atoms with van der Waals surface area (Å²) in [5.74, 6) is 0.136. The van der Waals surface area contributed by atoms with E-state index in [4.69, 9.17) is 0 Å². The molecule has 0 aromatic rings. The van der Waals surface area contributed by atoms with Gasteiger partial charge in [-0.2, -0.15) is 0 Å². The molecular weight excluding hydrogens is 184 g/mol. The lowest BCUT2D eigenvalue weighted by atomic mass is 9.59. The van der Waals surface area contributed by atoms with Gasteiger partial charge >= 0.3 is 0 Å². The van der Waals surface area contributed by atoms with Crippen LogP contribution in [0.4, 0.5) is 0 Å². The van der Waals surface area contributed by atoms with Crippen LogP contribution in [0.1, 0.15) is 46.5 Å². The van der Waals surface area contributed by atoms with Crippen LogP contribution >= 0.6 is 0 Å². The molecular formula is C14H22O. The molecule has 0 heterocycles. The van der Waals surface area contributed by atoms with Crippen molar-refractivity contribution >= 4 is 5.78 Å². The van der Waals surface area contributed by atoms with Gasteiger partial charge < -0.3 is 0 Å². The number of carbonyl (C=O) groups is 1. The highest BCUT2D eigenvalue weighted by atomic mass is 16.1. The Morgan fingerprint density at radius 2 is 2.00 bits per heavy atom. The van der Waals surface area contributed by atoms with Crippen LogP contribution in [0.5, 0.6) is 0 Å². The van der Waals surface area contributed by atoms with Gasteiger partial charge in [0.25, 0.3) is 0 Å². The lowest BCUT2D eigenvalue weighted by molar-refractivity contribution is -0.116. The van der Waals surface area contributed by atoms with Crippen LogP contribution in [0.25, 0.3) is 0 Å². The highest BCUT2D eigenvalue weighted by Crippen LogP contribution is 2.51. The topological polar surface area (TPSA) is 17.1 Å². The maximum absolute atomic E-state index is 11.5. The molecule has 84 valence electrons. The monoisotopic (exact) mass is 206 g/mol. The second-order valence-electron chi connectivity index (χ2n) is 5.62. The third-order valence-electron chi connectivity index (χ3n) is 3.87. The smallest absolute Gasteiger partial charge is 0.155 e. The van der Waals surface area contributed by atoms with Crippen molar-refractivity contribution in [3.05, 3.63) is 24.8 Å². The minimum absolute atomic E-state index is 0.0208. The van der Waals surface area contributed by atoms with Gasteiger partial charge in [0.05, 0.1) is 0 Å². The van der Waals surface area contributed by atoms with Crippen molar-refractivity contribution in [1.82, 2.24) is 0 Å². The molecule has 0 aliphatic heterocycles. The van der Waals surface area contributed by atoms with Crippen LogP contribution < -0.4 is 0 Å². The van der Waals surface area contributed by atoms with Crippen molar-refractivity contribution in [2.45, 2.75) is 46.5 Å². The third-order valence-corrected chi connectivity index (χ3v) is 3.87. The standard InChI is InChI=1S/C14H22O/c1-6-12(15)10-14(5)9-7-8-13(3,4)11(14)2/h6H,1-2,7-10H2,3-5H3/t14-/m1/s1. The molecule has 1 heteroatoms. The summed E-state index contributed by atoms with van der Waals surface area (Å²) in [6.45, 7) is 14.4. The van der Waals surface area contributed by atoms with Crippen molar-refractivity contribution in [1.29, 1.82) is 0 Å². The molecule has 1 fully saturated rings. The molecule has 1 rings (SSSR count). The Morgan fingerprint density at radius 1 is 1.40 bits per heavy atom. The van der Waals surface area contributed by atoms with E-state index in [9.17, 15) is 4.79 Å². The fourth-order valence-electron chi connectivity index (χ4n) is 2.69. The van der Waals surface area contributed by atoms with E-state index in [1.54, 1.807) is 0 Å². The molecule has 0 radical (unpaired) electrons. The number of ketones is 1.